The molecule has 0 aromatic rings. The van der Waals surface area contributed by atoms with Crippen molar-refractivity contribution in [2.24, 2.45) is 16.2 Å². The van der Waals surface area contributed by atoms with E-state index in [0.29, 0.717) is 0 Å². The molecule has 0 aliphatic heterocycles. The number of allylic oxidation sites excluding steroid dienone is 8. The Morgan fingerprint density at radius 3 is 1.77 bits per heavy atom. The third kappa shape index (κ3) is 4.23. The Morgan fingerprint density at radius 2 is 1.35 bits per heavy atom. The molecular weight excluding hydrogens is 411 g/mol. The standard InChI is InChI=1S/C22H34Cl2Si.Ti/c1-12-15(23)11-14(20(3,4)5)16(12)25-17-13(2)19(24)22(9,10)18(17)21(6,7)8;/h11,25H2,1-10H3;. The van der Waals surface area contributed by atoms with Gasteiger partial charge >= 0.3 is 0 Å². The zero-order valence-corrected chi connectivity index (χ0v) is 22.7. The van der Waals surface area contributed by atoms with Crippen molar-refractivity contribution < 1.29 is 21.7 Å². The van der Waals surface area contributed by atoms with Crippen LogP contribution < -0.4 is 0 Å². The van der Waals surface area contributed by atoms with Gasteiger partial charge in [-0.15, -0.1) is 0 Å². The second-order valence-corrected chi connectivity index (χ2v) is 12.9. The summed E-state index contributed by atoms with van der Waals surface area (Å²) in [5, 5.41) is 5.19. The Hall–Kier alpha value is 0.471. The third-order valence-electron chi connectivity index (χ3n) is 5.82. The molecule has 4 heteroatoms. The Labute approximate surface area is 188 Å². The van der Waals surface area contributed by atoms with Gasteiger partial charge in [-0.25, -0.2) is 0 Å². The molecule has 0 spiro atoms. The van der Waals surface area contributed by atoms with Gasteiger partial charge in [0.1, 0.15) is 0 Å². The molecule has 144 valence electrons. The summed E-state index contributed by atoms with van der Waals surface area (Å²) >= 11 is 13.4. The van der Waals surface area contributed by atoms with E-state index in [4.69, 9.17) is 23.2 Å². The minimum Gasteiger partial charge on any atom is -0.0885 e. The first kappa shape index (κ1) is 24.5. The first-order chi connectivity index (χ1) is 11.1. The first-order valence-electron chi connectivity index (χ1n) is 9.29. The van der Waals surface area contributed by atoms with E-state index >= 15 is 0 Å². The molecule has 0 atom stereocenters. The van der Waals surface area contributed by atoms with E-state index in [1.54, 1.807) is 10.4 Å². The summed E-state index contributed by atoms with van der Waals surface area (Å²) < 4.78 is 0. The molecule has 0 amide bonds. The molecule has 2 aliphatic carbocycles. The van der Waals surface area contributed by atoms with Crippen molar-refractivity contribution in [3.8, 4) is 0 Å². The molecule has 0 fully saturated rings. The van der Waals surface area contributed by atoms with Gasteiger partial charge in [-0.3, -0.25) is 0 Å². The SMILES string of the molecule is CC1=C(Cl)CC(C(C)(C)C)=C1[SiH2]C1=C(C(C)(C)C)C(C)(C)C(Cl)=C1C.[Ti]. The van der Waals surface area contributed by atoms with Crippen LogP contribution in [0.4, 0.5) is 0 Å². The van der Waals surface area contributed by atoms with E-state index in [2.05, 4.69) is 69.2 Å². The molecule has 0 saturated heterocycles. The normalized spacial score (nSPS) is 21.7. The van der Waals surface area contributed by atoms with Crippen molar-refractivity contribution in [2.75, 3.05) is 0 Å². The molecule has 0 heterocycles. The smallest absolute Gasteiger partial charge is 0.0883 e. The zero-order chi connectivity index (χ0) is 19.5. The number of rotatable bonds is 2. The Bertz CT molecular complexity index is 735. The van der Waals surface area contributed by atoms with Gasteiger partial charge in [0.15, 0.2) is 0 Å². The average Bonchev–Trinajstić information content (AvgIpc) is 2.79. The van der Waals surface area contributed by atoms with E-state index in [9.17, 15) is 0 Å². The van der Waals surface area contributed by atoms with Crippen LogP contribution in [0.5, 0.6) is 0 Å². The van der Waals surface area contributed by atoms with Gasteiger partial charge in [-0.05, 0) is 35.8 Å². The summed E-state index contributed by atoms with van der Waals surface area (Å²) in [5.74, 6) is 0. The van der Waals surface area contributed by atoms with Crippen molar-refractivity contribution in [3.05, 3.63) is 42.7 Å². The van der Waals surface area contributed by atoms with Crippen LogP contribution in [0.1, 0.15) is 75.7 Å². The van der Waals surface area contributed by atoms with E-state index < -0.39 is 9.52 Å². The van der Waals surface area contributed by atoms with Crippen LogP contribution in [0.2, 0.25) is 0 Å². The van der Waals surface area contributed by atoms with Crippen LogP contribution in [0.15, 0.2) is 42.7 Å². The quantitative estimate of drug-likeness (QED) is 0.394. The average molecular weight is 445 g/mol. The summed E-state index contributed by atoms with van der Waals surface area (Å²) in [5.41, 5.74) is 5.94. The molecule has 0 saturated carbocycles. The molecule has 2 rings (SSSR count). The van der Waals surface area contributed by atoms with Gasteiger partial charge in [0.25, 0.3) is 0 Å². The molecule has 0 bridgehead atoms. The van der Waals surface area contributed by atoms with E-state index in [1.165, 1.54) is 22.3 Å². The molecule has 0 aromatic carbocycles. The predicted octanol–water partition coefficient (Wildman–Crippen LogP) is 7.22. The van der Waals surface area contributed by atoms with Gasteiger partial charge in [-0.2, -0.15) is 0 Å². The number of hydrogen-bond acceptors (Lipinski definition) is 0. The summed E-state index contributed by atoms with van der Waals surface area (Å²) in [4.78, 5) is 0. The minimum atomic E-state index is -0.643. The van der Waals surface area contributed by atoms with Gasteiger partial charge in [0, 0.05) is 43.6 Å². The monoisotopic (exact) mass is 444 g/mol. The van der Waals surface area contributed by atoms with Crippen molar-refractivity contribution >= 4 is 32.7 Å². The fourth-order valence-corrected chi connectivity index (χ4v) is 8.78. The predicted molar refractivity (Wildman–Crippen MR) is 117 cm³/mol. The molecule has 0 radical (unpaired) electrons. The van der Waals surface area contributed by atoms with Crippen molar-refractivity contribution in [3.63, 3.8) is 0 Å². The fraction of sp³-hybridized carbons (Fsp3) is 0.636. The largest absolute Gasteiger partial charge is 0.0885 e. The summed E-state index contributed by atoms with van der Waals surface area (Å²) in [7, 11) is -0.643. The topological polar surface area (TPSA) is 0 Å². The molecule has 0 N–H and O–H groups in total. The number of hydrogen-bond donors (Lipinski definition) is 0. The van der Waals surface area contributed by atoms with Crippen molar-refractivity contribution in [2.45, 2.75) is 75.7 Å². The summed E-state index contributed by atoms with van der Waals surface area (Å²) in [6.07, 6.45) is 0.928. The summed E-state index contributed by atoms with van der Waals surface area (Å²) in [6.45, 7) is 22.9. The Balaban J connectivity index is 0.00000338. The second-order valence-electron chi connectivity index (χ2n) is 10.3. The van der Waals surface area contributed by atoms with Gasteiger partial charge in [-0.1, -0.05) is 100 Å². The van der Waals surface area contributed by atoms with E-state index in [0.717, 1.165) is 16.5 Å². The first-order valence-corrected chi connectivity index (χ1v) is 11.5. The third-order valence-corrected chi connectivity index (χ3v) is 9.54. The van der Waals surface area contributed by atoms with Crippen molar-refractivity contribution in [1.29, 1.82) is 0 Å². The van der Waals surface area contributed by atoms with E-state index in [-0.39, 0.29) is 38.0 Å². The number of halogens is 2. The van der Waals surface area contributed by atoms with E-state index in [1.807, 2.05) is 0 Å². The Morgan fingerprint density at radius 1 is 0.846 bits per heavy atom. The molecule has 0 unspecified atom stereocenters. The summed E-state index contributed by atoms with van der Waals surface area (Å²) in [6, 6.07) is 0. The molecule has 0 nitrogen and oxygen atoms in total. The fourth-order valence-electron chi connectivity index (χ4n) is 4.81. The Kier molecular flexibility index (Phi) is 7.27. The van der Waals surface area contributed by atoms with Crippen LogP contribution in [-0.4, -0.2) is 9.52 Å². The molecule has 26 heavy (non-hydrogen) atoms. The molecule has 0 aromatic heterocycles. The van der Waals surface area contributed by atoms with Crippen LogP contribution in [0, 0.1) is 16.2 Å². The zero-order valence-electron chi connectivity index (χ0n) is 18.2. The maximum Gasteiger partial charge on any atom is 0.0883 e. The van der Waals surface area contributed by atoms with Gasteiger partial charge in [0.2, 0.25) is 0 Å². The van der Waals surface area contributed by atoms with Gasteiger partial charge in [0.05, 0.1) is 9.52 Å². The van der Waals surface area contributed by atoms with Crippen LogP contribution in [0.3, 0.4) is 0 Å². The van der Waals surface area contributed by atoms with Crippen LogP contribution in [0.25, 0.3) is 0 Å². The van der Waals surface area contributed by atoms with Crippen LogP contribution in [-0.2, 0) is 21.7 Å². The molecule has 2 aliphatic rings. The molecular formula is C22H34Cl2SiTi. The van der Waals surface area contributed by atoms with Crippen molar-refractivity contribution in [1.82, 2.24) is 0 Å². The van der Waals surface area contributed by atoms with Gasteiger partial charge < -0.3 is 0 Å². The minimum absolute atomic E-state index is 0. The maximum atomic E-state index is 6.83. The maximum absolute atomic E-state index is 6.83. The second kappa shape index (κ2) is 7.71. The van der Waals surface area contributed by atoms with Crippen LogP contribution >= 0.6 is 23.2 Å².